The molecule has 0 bridgehead atoms. The molecule has 3 aliphatic rings. The molecule has 3 unspecified atom stereocenters. The lowest BCUT2D eigenvalue weighted by atomic mass is 9.80. The summed E-state index contributed by atoms with van der Waals surface area (Å²) in [5.74, 6) is -0.330. The molecule has 3 atom stereocenters. The SMILES string of the molecule is CNc1ccc(C(=O)NC(C)C(=O)N2CCCC2C(=O)NC(CC(C)=O)CC2CCC2)cc1Cl.OC1CCCCC1. The van der Waals surface area contributed by atoms with Gasteiger partial charge in [-0.15, -0.1) is 0 Å². The number of aliphatic hydroxyl groups is 1. The van der Waals surface area contributed by atoms with Gasteiger partial charge in [0, 0.05) is 31.6 Å². The molecule has 228 valence electrons. The third-order valence-electron chi connectivity index (χ3n) is 8.35. The number of nitrogens with zero attached hydrogens (tertiary/aromatic N) is 1. The monoisotopic (exact) mass is 590 g/mol. The van der Waals surface area contributed by atoms with Gasteiger partial charge in [-0.3, -0.25) is 19.2 Å². The van der Waals surface area contributed by atoms with Crippen LogP contribution in [-0.2, 0) is 14.4 Å². The van der Waals surface area contributed by atoms with Gasteiger partial charge in [-0.2, -0.15) is 0 Å². The predicted octanol–water partition coefficient (Wildman–Crippen LogP) is 4.46. The lowest BCUT2D eigenvalue weighted by molar-refractivity contribution is -0.140. The molecule has 10 heteroatoms. The molecule has 9 nitrogen and oxygen atoms in total. The Hall–Kier alpha value is -2.65. The van der Waals surface area contributed by atoms with E-state index in [-0.39, 0.29) is 29.7 Å². The Morgan fingerprint density at radius 3 is 2.24 bits per heavy atom. The maximum atomic E-state index is 13.1. The summed E-state index contributed by atoms with van der Waals surface area (Å²) in [6, 6.07) is 3.29. The van der Waals surface area contributed by atoms with Gasteiger partial charge in [0.05, 0.1) is 16.8 Å². The van der Waals surface area contributed by atoms with Crippen LogP contribution in [0.1, 0.15) is 101 Å². The highest BCUT2D eigenvalue weighted by molar-refractivity contribution is 6.33. The highest BCUT2D eigenvalue weighted by Crippen LogP contribution is 2.31. The van der Waals surface area contributed by atoms with E-state index in [1.54, 1.807) is 37.1 Å². The van der Waals surface area contributed by atoms with Gasteiger partial charge >= 0.3 is 0 Å². The van der Waals surface area contributed by atoms with Crippen LogP contribution in [0.4, 0.5) is 5.69 Å². The molecule has 2 saturated carbocycles. The smallest absolute Gasteiger partial charge is 0.251 e. The van der Waals surface area contributed by atoms with E-state index in [9.17, 15) is 19.2 Å². The molecule has 0 radical (unpaired) electrons. The Bertz CT molecular complexity index is 1060. The van der Waals surface area contributed by atoms with Gasteiger partial charge in [0.2, 0.25) is 11.8 Å². The number of likely N-dealkylation sites (tertiary alicyclic amines) is 1. The first-order valence-corrected chi connectivity index (χ1v) is 15.5. The first-order valence-electron chi connectivity index (χ1n) is 15.2. The van der Waals surface area contributed by atoms with E-state index in [0.29, 0.717) is 48.0 Å². The van der Waals surface area contributed by atoms with Crippen molar-refractivity contribution in [1.29, 1.82) is 0 Å². The fourth-order valence-electron chi connectivity index (χ4n) is 5.80. The van der Waals surface area contributed by atoms with Crippen LogP contribution in [0.15, 0.2) is 18.2 Å². The number of carbonyl (C=O) groups excluding carboxylic acids is 4. The summed E-state index contributed by atoms with van der Waals surface area (Å²) in [7, 11) is 1.74. The van der Waals surface area contributed by atoms with Crippen LogP contribution in [-0.4, -0.2) is 71.3 Å². The highest BCUT2D eigenvalue weighted by Gasteiger charge is 2.37. The molecule has 2 aliphatic carbocycles. The molecule has 3 fully saturated rings. The maximum absolute atomic E-state index is 13.1. The number of halogens is 1. The van der Waals surface area contributed by atoms with Crippen molar-refractivity contribution in [3.63, 3.8) is 0 Å². The summed E-state index contributed by atoms with van der Waals surface area (Å²) in [4.78, 5) is 52.1. The van der Waals surface area contributed by atoms with Gasteiger partial charge in [0.1, 0.15) is 17.9 Å². The largest absolute Gasteiger partial charge is 0.393 e. The second-order valence-corrected chi connectivity index (χ2v) is 12.2. The fraction of sp³-hybridized carbons (Fsp3) is 0.677. The van der Waals surface area contributed by atoms with Crippen LogP contribution in [0.3, 0.4) is 0 Å². The second kappa shape index (κ2) is 16.1. The maximum Gasteiger partial charge on any atom is 0.251 e. The molecule has 1 heterocycles. The molecular formula is C31H47ClN4O5. The Balaban J connectivity index is 0.000000575. The van der Waals surface area contributed by atoms with Gasteiger partial charge in [0.25, 0.3) is 5.91 Å². The number of benzene rings is 1. The van der Waals surface area contributed by atoms with Crippen LogP contribution in [0.5, 0.6) is 0 Å². The van der Waals surface area contributed by atoms with Crippen LogP contribution in [0.2, 0.25) is 5.02 Å². The van der Waals surface area contributed by atoms with E-state index in [1.165, 1.54) is 32.6 Å². The lowest BCUT2D eigenvalue weighted by Gasteiger charge is -2.32. The van der Waals surface area contributed by atoms with Crippen molar-refractivity contribution in [3.05, 3.63) is 28.8 Å². The Morgan fingerprint density at radius 2 is 1.71 bits per heavy atom. The lowest BCUT2D eigenvalue weighted by Crippen LogP contribution is -2.54. The molecule has 4 N–H and O–H groups in total. The summed E-state index contributed by atoms with van der Waals surface area (Å²) in [6.45, 7) is 3.61. The number of amides is 3. The van der Waals surface area contributed by atoms with Crippen LogP contribution >= 0.6 is 11.6 Å². The summed E-state index contributed by atoms with van der Waals surface area (Å²) in [5, 5.41) is 18.0. The molecule has 1 aliphatic heterocycles. The first-order chi connectivity index (χ1) is 19.6. The molecule has 4 rings (SSSR count). The highest BCUT2D eigenvalue weighted by atomic mass is 35.5. The standard InChI is InChI=1S/C25H35ClN4O4.C6H12O/c1-15(31)12-19(13-17-6-4-7-17)29-24(33)22-8-5-11-30(22)25(34)16(2)28-23(32)18-9-10-21(27-3)20(26)14-18;7-6-4-2-1-3-5-6/h9-10,14,16-17,19,22,27H,4-8,11-13H2,1-3H3,(H,28,32)(H,29,33);6-7H,1-5H2. The number of ketones is 1. The van der Waals surface area contributed by atoms with E-state index < -0.39 is 18.0 Å². The first kappa shape index (κ1) is 32.9. The number of nitrogens with one attached hydrogen (secondary N) is 3. The number of Topliss-reactive ketones (excluding diaryl/α,β-unsaturated/α-hetero) is 1. The zero-order chi connectivity index (χ0) is 29.9. The van der Waals surface area contributed by atoms with Crippen molar-refractivity contribution in [2.75, 3.05) is 18.9 Å². The van der Waals surface area contributed by atoms with E-state index in [1.807, 2.05) is 0 Å². The van der Waals surface area contributed by atoms with Crippen LogP contribution in [0, 0.1) is 5.92 Å². The molecule has 0 spiro atoms. The van der Waals surface area contributed by atoms with E-state index >= 15 is 0 Å². The van der Waals surface area contributed by atoms with Gasteiger partial charge in [-0.1, -0.05) is 50.1 Å². The zero-order valence-corrected chi connectivity index (χ0v) is 25.5. The number of carbonyl (C=O) groups is 4. The molecule has 1 aromatic rings. The van der Waals surface area contributed by atoms with Gasteiger partial charge < -0.3 is 26.0 Å². The summed E-state index contributed by atoms with van der Waals surface area (Å²) < 4.78 is 0. The minimum absolute atomic E-state index is 0.0359. The van der Waals surface area contributed by atoms with Crippen LogP contribution < -0.4 is 16.0 Å². The Labute approximate surface area is 249 Å². The number of aliphatic hydroxyl groups excluding tert-OH is 1. The van der Waals surface area contributed by atoms with Crippen molar-refractivity contribution in [1.82, 2.24) is 15.5 Å². The van der Waals surface area contributed by atoms with Crippen molar-refractivity contribution >= 4 is 40.8 Å². The quantitative estimate of drug-likeness (QED) is 0.319. The molecule has 1 saturated heterocycles. The normalized spacial score (nSPS) is 20.6. The minimum Gasteiger partial charge on any atom is -0.393 e. The average Bonchev–Trinajstić information content (AvgIpc) is 3.41. The number of rotatable bonds is 10. The number of hydrogen-bond donors (Lipinski definition) is 4. The van der Waals surface area contributed by atoms with Crippen molar-refractivity contribution in [3.8, 4) is 0 Å². The number of hydrogen-bond acceptors (Lipinski definition) is 6. The van der Waals surface area contributed by atoms with Crippen LogP contribution in [0.25, 0.3) is 0 Å². The molecule has 41 heavy (non-hydrogen) atoms. The Morgan fingerprint density at radius 1 is 1.00 bits per heavy atom. The van der Waals surface area contributed by atoms with Gasteiger partial charge in [0.15, 0.2) is 0 Å². The van der Waals surface area contributed by atoms with E-state index in [4.69, 9.17) is 16.7 Å². The van der Waals surface area contributed by atoms with Crippen molar-refractivity contribution in [2.45, 2.75) is 115 Å². The summed E-state index contributed by atoms with van der Waals surface area (Å²) in [5.41, 5.74) is 1.05. The fourth-order valence-corrected chi connectivity index (χ4v) is 6.08. The third kappa shape index (κ3) is 9.99. The number of anilines is 1. The minimum atomic E-state index is -0.799. The summed E-state index contributed by atoms with van der Waals surface area (Å²) in [6.07, 6.45) is 11.8. The predicted molar refractivity (Wildman–Crippen MR) is 161 cm³/mol. The molecular weight excluding hydrogens is 544 g/mol. The van der Waals surface area contributed by atoms with E-state index in [2.05, 4.69) is 16.0 Å². The van der Waals surface area contributed by atoms with Crippen molar-refractivity contribution < 1.29 is 24.3 Å². The van der Waals surface area contributed by atoms with Crippen molar-refractivity contribution in [2.24, 2.45) is 5.92 Å². The summed E-state index contributed by atoms with van der Waals surface area (Å²) >= 11 is 6.16. The topological polar surface area (TPSA) is 128 Å². The molecule has 3 amide bonds. The van der Waals surface area contributed by atoms with E-state index in [0.717, 1.165) is 32.1 Å². The molecule has 0 aromatic heterocycles. The van der Waals surface area contributed by atoms with Gasteiger partial charge in [-0.25, -0.2) is 0 Å². The second-order valence-electron chi connectivity index (χ2n) is 11.8. The third-order valence-corrected chi connectivity index (χ3v) is 8.67. The average molecular weight is 591 g/mol. The Kier molecular flexibility index (Phi) is 12.9. The molecule has 1 aromatic carbocycles. The zero-order valence-electron chi connectivity index (χ0n) is 24.7. The van der Waals surface area contributed by atoms with Gasteiger partial charge in [-0.05, 0) is 70.1 Å².